The van der Waals surface area contributed by atoms with Crippen LogP contribution in [-0.2, 0) is 11.4 Å². The lowest BCUT2D eigenvalue weighted by Gasteiger charge is -2.10. The number of fused-ring (bicyclic) bond motifs is 3. The van der Waals surface area contributed by atoms with E-state index in [9.17, 15) is 14.4 Å². The van der Waals surface area contributed by atoms with Crippen LogP contribution in [0.3, 0.4) is 0 Å². The summed E-state index contributed by atoms with van der Waals surface area (Å²) in [6.07, 6.45) is 0. The van der Waals surface area contributed by atoms with Gasteiger partial charge in [0.15, 0.2) is 5.71 Å². The van der Waals surface area contributed by atoms with Gasteiger partial charge in [0.05, 0.1) is 10.4 Å². The third kappa shape index (κ3) is 5.31. The van der Waals surface area contributed by atoms with Gasteiger partial charge in [-0.25, -0.2) is 4.79 Å². The molecular formula is C36H28N2O4S. The van der Waals surface area contributed by atoms with Crippen LogP contribution < -0.4 is 0 Å². The monoisotopic (exact) mass is 584 g/mol. The highest BCUT2D eigenvalue weighted by Gasteiger charge is 2.23. The maximum absolute atomic E-state index is 14.1. The van der Waals surface area contributed by atoms with Gasteiger partial charge in [0.1, 0.15) is 0 Å². The van der Waals surface area contributed by atoms with Crippen LogP contribution in [0.4, 0.5) is 0 Å². The summed E-state index contributed by atoms with van der Waals surface area (Å²) >= 11 is 1.41. The van der Waals surface area contributed by atoms with Gasteiger partial charge < -0.3 is 9.40 Å². The van der Waals surface area contributed by atoms with Crippen molar-refractivity contribution < 1.29 is 19.2 Å². The van der Waals surface area contributed by atoms with Crippen molar-refractivity contribution in [1.82, 2.24) is 4.57 Å². The Labute approximate surface area is 252 Å². The molecule has 0 aliphatic heterocycles. The molecule has 0 radical (unpaired) electrons. The Morgan fingerprint density at radius 1 is 0.767 bits per heavy atom. The average Bonchev–Trinajstić information content (AvgIpc) is 3.68. The molecule has 0 atom stereocenters. The molecular weight excluding hydrogens is 556 g/mol. The van der Waals surface area contributed by atoms with Gasteiger partial charge in [-0.1, -0.05) is 53.2 Å². The van der Waals surface area contributed by atoms with Crippen LogP contribution in [-0.4, -0.2) is 27.8 Å². The van der Waals surface area contributed by atoms with Crippen LogP contribution in [0.5, 0.6) is 0 Å². The molecule has 212 valence electrons. The highest BCUT2D eigenvalue weighted by Crippen LogP contribution is 2.32. The van der Waals surface area contributed by atoms with E-state index in [1.807, 2.05) is 79.9 Å². The van der Waals surface area contributed by atoms with Gasteiger partial charge in [-0.05, 0) is 86.3 Å². The minimum absolute atomic E-state index is 0.0360. The number of aryl methyl sites for hydroxylation is 3. The Hall–Kier alpha value is -5.14. The number of hydrogen-bond donors (Lipinski definition) is 0. The van der Waals surface area contributed by atoms with E-state index in [2.05, 4.69) is 16.6 Å². The number of nitrogens with zero attached hydrogens (tertiary/aromatic N) is 2. The zero-order chi connectivity index (χ0) is 30.1. The molecule has 6 nitrogen and oxygen atoms in total. The number of benzene rings is 4. The molecule has 43 heavy (non-hydrogen) atoms. The summed E-state index contributed by atoms with van der Waals surface area (Å²) < 4.78 is 2.17. The van der Waals surface area contributed by atoms with Gasteiger partial charge in [0.2, 0.25) is 11.6 Å². The topological polar surface area (TPSA) is 77.7 Å². The van der Waals surface area contributed by atoms with Crippen LogP contribution in [0.2, 0.25) is 0 Å². The maximum atomic E-state index is 14.1. The van der Waals surface area contributed by atoms with Crippen molar-refractivity contribution in [3.05, 3.63) is 141 Å². The van der Waals surface area contributed by atoms with E-state index in [-0.39, 0.29) is 17.3 Å². The highest BCUT2D eigenvalue weighted by atomic mass is 32.1. The molecule has 0 aliphatic rings. The van der Waals surface area contributed by atoms with Crippen molar-refractivity contribution in [3.8, 4) is 0 Å². The Morgan fingerprint density at radius 3 is 2.12 bits per heavy atom. The molecule has 0 saturated heterocycles. The lowest BCUT2D eigenvalue weighted by atomic mass is 9.95. The summed E-state index contributed by atoms with van der Waals surface area (Å²) in [7, 11) is 0. The first kappa shape index (κ1) is 28.0. The fraction of sp³-hybridized carbons (Fsp3) is 0.111. The molecule has 0 fully saturated rings. The Bertz CT molecular complexity index is 2050. The van der Waals surface area contributed by atoms with E-state index in [1.54, 1.807) is 36.4 Å². The summed E-state index contributed by atoms with van der Waals surface area (Å²) in [4.78, 5) is 46.0. The standard InChI is InChI=1S/C36H28N2O4S/c1-4-38-30-16-13-25(34(39)32-11-8-18-43-32)20-28(30)29-21-26(14-17-31(29)38)35(40)33(27-15-12-22(2)19-23(27)3)37-42-36(41)24-9-6-5-7-10-24/h5-21H,4H2,1-3H3/b37-33+. The zero-order valence-electron chi connectivity index (χ0n) is 24.0. The lowest BCUT2D eigenvalue weighted by Crippen LogP contribution is -2.19. The van der Waals surface area contributed by atoms with Crippen molar-refractivity contribution >= 4 is 56.4 Å². The molecule has 0 spiro atoms. The first-order chi connectivity index (χ1) is 20.9. The lowest BCUT2D eigenvalue weighted by molar-refractivity contribution is 0.0516. The molecule has 2 aromatic heterocycles. The quantitative estimate of drug-likeness (QED) is 0.0783. The normalized spacial score (nSPS) is 11.7. The minimum Gasteiger partial charge on any atom is -0.341 e. The number of carbonyl (C=O) groups excluding carboxylic acids is 3. The molecule has 0 aliphatic carbocycles. The second kappa shape index (κ2) is 11.6. The van der Waals surface area contributed by atoms with Crippen LogP contribution in [0.1, 0.15) is 59.6 Å². The van der Waals surface area contributed by atoms with Crippen LogP contribution >= 0.6 is 11.3 Å². The average molecular weight is 585 g/mol. The summed E-state index contributed by atoms with van der Waals surface area (Å²) in [6, 6.07) is 29.1. The molecule has 0 N–H and O–H groups in total. The molecule has 4 aromatic carbocycles. The van der Waals surface area contributed by atoms with Gasteiger partial charge in [-0.3, -0.25) is 9.59 Å². The van der Waals surface area contributed by atoms with E-state index in [1.165, 1.54) is 11.3 Å². The molecule has 0 unspecified atom stereocenters. The second-order valence-corrected chi connectivity index (χ2v) is 11.3. The van der Waals surface area contributed by atoms with Crippen molar-refractivity contribution in [1.29, 1.82) is 0 Å². The summed E-state index contributed by atoms with van der Waals surface area (Å²) in [5.74, 6) is -1.07. The van der Waals surface area contributed by atoms with Crippen molar-refractivity contribution in [3.63, 3.8) is 0 Å². The molecule has 6 rings (SSSR count). The SMILES string of the molecule is CCn1c2ccc(C(=O)/C(=N/OC(=O)c3ccccc3)c3ccc(C)cc3C)cc2c2cc(C(=O)c3cccs3)ccc21. The number of hydrogen-bond acceptors (Lipinski definition) is 6. The summed E-state index contributed by atoms with van der Waals surface area (Å²) in [6.45, 7) is 6.65. The third-order valence-corrected chi connectivity index (χ3v) is 8.40. The van der Waals surface area contributed by atoms with Gasteiger partial charge in [0.25, 0.3) is 0 Å². The highest BCUT2D eigenvalue weighted by molar-refractivity contribution is 7.12. The van der Waals surface area contributed by atoms with Crippen LogP contribution in [0.15, 0.2) is 108 Å². The Morgan fingerprint density at radius 2 is 1.47 bits per heavy atom. The van der Waals surface area contributed by atoms with Gasteiger partial charge >= 0.3 is 5.97 Å². The molecule has 2 heterocycles. The number of carbonyl (C=O) groups is 3. The van der Waals surface area contributed by atoms with Crippen molar-refractivity contribution in [2.75, 3.05) is 0 Å². The fourth-order valence-electron chi connectivity index (χ4n) is 5.42. The molecule has 0 bridgehead atoms. The predicted molar refractivity (Wildman–Crippen MR) is 172 cm³/mol. The Kier molecular flexibility index (Phi) is 7.57. The van der Waals surface area contributed by atoms with E-state index in [0.717, 1.165) is 39.5 Å². The maximum Gasteiger partial charge on any atom is 0.365 e. The van der Waals surface area contributed by atoms with Gasteiger partial charge in [0, 0.05) is 45.0 Å². The number of thiophene rings is 1. The molecule has 6 aromatic rings. The van der Waals surface area contributed by atoms with Crippen LogP contribution in [0.25, 0.3) is 21.8 Å². The van der Waals surface area contributed by atoms with Gasteiger partial charge in [-0.2, -0.15) is 0 Å². The predicted octanol–water partition coefficient (Wildman–Crippen LogP) is 8.17. The van der Waals surface area contributed by atoms with E-state index < -0.39 is 5.97 Å². The third-order valence-electron chi connectivity index (χ3n) is 7.53. The van der Waals surface area contributed by atoms with Crippen molar-refractivity contribution in [2.24, 2.45) is 5.16 Å². The first-order valence-electron chi connectivity index (χ1n) is 14.0. The number of oxime groups is 1. The molecule has 0 amide bonds. The summed E-state index contributed by atoms with van der Waals surface area (Å²) in [5, 5.41) is 7.76. The number of Topliss-reactive ketones (excluding diaryl/α,β-unsaturated/α-hetero) is 1. The molecule has 0 saturated carbocycles. The summed E-state index contributed by atoms with van der Waals surface area (Å²) in [5.41, 5.74) is 5.74. The first-order valence-corrected chi connectivity index (χ1v) is 14.8. The largest absolute Gasteiger partial charge is 0.365 e. The number of ketones is 2. The number of aromatic nitrogens is 1. The van der Waals surface area contributed by atoms with Gasteiger partial charge in [-0.15, -0.1) is 11.3 Å². The van der Waals surface area contributed by atoms with Crippen LogP contribution in [0, 0.1) is 13.8 Å². The zero-order valence-corrected chi connectivity index (χ0v) is 24.8. The van der Waals surface area contributed by atoms with Crippen molar-refractivity contribution in [2.45, 2.75) is 27.3 Å². The van der Waals surface area contributed by atoms with E-state index >= 15 is 0 Å². The number of rotatable bonds is 8. The Balaban J connectivity index is 1.46. The molecule has 7 heteroatoms. The van der Waals surface area contributed by atoms with E-state index in [0.29, 0.717) is 27.1 Å². The fourth-order valence-corrected chi connectivity index (χ4v) is 6.11. The van der Waals surface area contributed by atoms with E-state index in [4.69, 9.17) is 4.84 Å². The minimum atomic E-state index is -0.653. The second-order valence-electron chi connectivity index (χ2n) is 10.3. The smallest absolute Gasteiger partial charge is 0.341 e.